The van der Waals surface area contributed by atoms with Crippen LogP contribution in [0.4, 0.5) is 0 Å². The summed E-state index contributed by atoms with van der Waals surface area (Å²) < 4.78 is 5.09. The molecule has 0 aliphatic heterocycles. The van der Waals surface area contributed by atoms with E-state index in [-0.39, 0.29) is 5.76 Å². The summed E-state index contributed by atoms with van der Waals surface area (Å²) in [6.07, 6.45) is 3.39. The number of nitrogens with zero attached hydrogens (tertiary/aromatic N) is 1. The first-order valence-corrected chi connectivity index (χ1v) is 4.36. The molecule has 1 saturated carbocycles. The van der Waals surface area contributed by atoms with Gasteiger partial charge in [0.05, 0.1) is 6.20 Å². The smallest absolute Gasteiger partial charge is 0.373 e. The molecule has 1 N–H and O–H groups in total. The number of hydrogen-bond donors (Lipinski definition) is 1. The number of aromatic carboxylic acids is 1. The molecular formula is C9H11NO3. The molecule has 70 valence electrons. The maximum Gasteiger partial charge on any atom is 0.373 e. The van der Waals surface area contributed by atoms with Gasteiger partial charge in [-0.25, -0.2) is 9.78 Å². The molecule has 0 bridgehead atoms. The summed E-state index contributed by atoms with van der Waals surface area (Å²) in [6, 6.07) is 0. The summed E-state index contributed by atoms with van der Waals surface area (Å²) in [6.45, 7) is 2.16. The zero-order chi connectivity index (χ0) is 9.42. The quantitative estimate of drug-likeness (QED) is 0.756. The van der Waals surface area contributed by atoms with E-state index in [0.717, 1.165) is 12.8 Å². The minimum absolute atomic E-state index is 0.0606. The van der Waals surface area contributed by atoms with Crippen LogP contribution < -0.4 is 0 Å². The van der Waals surface area contributed by atoms with Crippen LogP contribution in [0.5, 0.6) is 0 Å². The molecule has 0 unspecified atom stereocenters. The van der Waals surface area contributed by atoms with Gasteiger partial charge in [-0.2, -0.15) is 0 Å². The van der Waals surface area contributed by atoms with Crippen molar-refractivity contribution in [1.82, 2.24) is 4.98 Å². The third-order valence-corrected chi connectivity index (χ3v) is 2.46. The molecule has 4 heteroatoms. The van der Waals surface area contributed by atoms with Crippen LogP contribution in [-0.4, -0.2) is 16.1 Å². The molecule has 1 fully saturated rings. The van der Waals surface area contributed by atoms with E-state index < -0.39 is 5.97 Å². The molecule has 1 heterocycles. The van der Waals surface area contributed by atoms with Gasteiger partial charge in [0, 0.05) is 5.92 Å². The second-order valence-electron chi connectivity index (χ2n) is 3.64. The van der Waals surface area contributed by atoms with Crippen LogP contribution >= 0.6 is 0 Å². The van der Waals surface area contributed by atoms with Crippen LogP contribution in [0.1, 0.15) is 42.1 Å². The van der Waals surface area contributed by atoms with Gasteiger partial charge in [0.1, 0.15) is 0 Å². The third-order valence-electron chi connectivity index (χ3n) is 2.46. The van der Waals surface area contributed by atoms with E-state index in [9.17, 15) is 4.79 Å². The summed E-state index contributed by atoms with van der Waals surface area (Å²) in [5.41, 5.74) is 0. The van der Waals surface area contributed by atoms with Crippen LogP contribution in [-0.2, 0) is 0 Å². The van der Waals surface area contributed by atoms with Crippen LogP contribution in [0.25, 0.3) is 0 Å². The second kappa shape index (κ2) is 2.87. The average Bonchev–Trinajstić information content (AvgIpc) is 2.46. The summed E-state index contributed by atoms with van der Waals surface area (Å²) in [5.74, 6) is 0.518. The molecule has 1 aromatic heterocycles. The minimum atomic E-state index is -1.05. The molecule has 0 radical (unpaired) electrons. The number of carboxylic acid groups (broad SMARTS) is 1. The Bertz CT molecular complexity index is 325. The lowest BCUT2D eigenvalue weighted by Gasteiger charge is -2.29. The monoisotopic (exact) mass is 181 g/mol. The molecule has 2 rings (SSSR count). The summed E-state index contributed by atoms with van der Waals surface area (Å²) in [5, 5.41) is 8.59. The normalized spacial score (nSPS) is 26.8. The Morgan fingerprint density at radius 1 is 1.69 bits per heavy atom. The first kappa shape index (κ1) is 8.29. The van der Waals surface area contributed by atoms with Crippen molar-refractivity contribution in [2.75, 3.05) is 0 Å². The van der Waals surface area contributed by atoms with Crippen molar-refractivity contribution in [2.45, 2.75) is 25.7 Å². The molecule has 0 amide bonds. The third kappa shape index (κ3) is 1.43. The molecule has 0 spiro atoms. The van der Waals surface area contributed by atoms with E-state index in [4.69, 9.17) is 9.52 Å². The van der Waals surface area contributed by atoms with Crippen molar-refractivity contribution < 1.29 is 14.3 Å². The predicted molar refractivity (Wildman–Crippen MR) is 44.6 cm³/mol. The number of rotatable bonds is 2. The SMILES string of the molecule is CC1CC(c2ncc(C(=O)O)o2)C1. The molecule has 13 heavy (non-hydrogen) atoms. The number of carboxylic acids is 1. The predicted octanol–water partition coefficient (Wildman–Crippen LogP) is 1.89. The molecule has 0 aromatic carbocycles. The fourth-order valence-corrected chi connectivity index (χ4v) is 1.68. The van der Waals surface area contributed by atoms with Crippen molar-refractivity contribution in [1.29, 1.82) is 0 Å². The van der Waals surface area contributed by atoms with Gasteiger partial charge in [-0.15, -0.1) is 0 Å². The molecule has 1 aliphatic carbocycles. The zero-order valence-electron chi connectivity index (χ0n) is 7.36. The van der Waals surface area contributed by atoms with E-state index in [0.29, 0.717) is 17.7 Å². The van der Waals surface area contributed by atoms with Gasteiger partial charge in [0.15, 0.2) is 5.89 Å². The van der Waals surface area contributed by atoms with E-state index in [1.165, 1.54) is 6.20 Å². The minimum Gasteiger partial charge on any atom is -0.475 e. The Hall–Kier alpha value is -1.32. The molecule has 1 aliphatic rings. The standard InChI is InChI=1S/C9H11NO3/c1-5-2-6(3-5)8-10-4-7(13-8)9(11)12/h4-6H,2-3H2,1H3,(H,11,12). The number of aromatic nitrogens is 1. The Morgan fingerprint density at radius 2 is 2.38 bits per heavy atom. The van der Waals surface area contributed by atoms with Crippen LogP contribution in [0.3, 0.4) is 0 Å². The van der Waals surface area contributed by atoms with Crippen molar-refractivity contribution in [3.05, 3.63) is 17.8 Å². The maximum atomic E-state index is 10.5. The van der Waals surface area contributed by atoms with Gasteiger partial charge in [-0.05, 0) is 18.8 Å². The lowest BCUT2D eigenvalue weighted by atomic mass is 9.76. The van der Waals surface area contributed by atoms with Crippen LogP contribution in [0.15, 0.2) is 10.6 Å². The number of oxazole rings is 1. The Kier molecular flexibility index (Phi) is 1.83. The Morgan fingerprint density at radius 3 is 2.85 bits per heavy atom. The van der Waals surface area contributed by atoms with E-state index >= 15 is 0 Å². The lowest BCUT2D eigenvalue weighted by molar-refractivity contribution is 0.0657. The van der Waals surface area contributed by atoms with E-state index in [1.54, 1.807) is 0 Å². The van der Waals surface area contributed by atoms with Crippen LogP contribution in [0.2, 0.25) is 0 Å². The van der Waals surface area contributed by atoms with Gasteiger partial charge >= 0.3 is 5.97 Å². The average molecular weight is 181 g/mol. The van der Waals surface area contributed by atoms with Crippen molar-refractivity contribution in [3.8, 4) is 0 Å². The zero-order valence-corrected chi connectivity index (χ0v) is 7.36. The van der Waals surface area contributed by atoms with Crippen molar-refractivity contribution >= 4 is 5.97 Å². The highest BCUT2D eigenvalue weighted by Gasteiger charge is 2.31. The van der Waals surface area contributed by atoms with Gasteiger partial charge in [0.2, 0.25) is 5.76 Å². The van der Waals surface area contributed by atoms with E-state index in [2.05, 4.69) is 11.9 Å². The summed E-state index contributed by atoms with van der Waals surface area (Å²) >= 11 is 0. The summed E-state index contributed by atoms with van der Waals surface area (Å²) in [7, 11) is 0. The van der Waals surface area contributed by atoms with Gasteiger partial charge < -0.3 is 9.52 Å². The van der Waals surface area contributed by atoms with Crippen molar-refractivity contribution in [3.63, 3.8) is 0 Å². The Labute approximate surface area is 75.6 Å². The molecule has 0 atom stereocenters. The topological polar surface area (TPSA) is 63.3 Å². The largest absolute Gasteiger partial charge is 0.475 e. The fourth-order valence-electron chi connectivity index (χ4n) is 1.68. The molecular weight excluding hydrogens is 170 g/mol. The fraction of sp³-hybridized carbons (Fsp3) is 0.556. The first-order valence-electron chi connectivity index (χ1n) is 4.36. The molecule has 1 aromatic rings. The molecule has 4 nitrogen and oxygen atoms in total. The highest BCUT2D eigenvalue weighted by Crippen LogP contribution is 2.40. The Balaban J connectivity index is 2.10. The lowest BCUT2D eigenvalue weighted by Crippen LogP contribution is -2.18. The second-order valence-corrected chi connectivity index (χ2v) is 3.64. The summed E-state index contributed by atoms with van der Waals surface area (Å²) in [4.78, 5) is 14.4. The highest BCUT2D eigenvalue weighted by molar-refractivity contribution is 5.83. The maximum absolute atomic E-state index is 10.5. The van der Waals surface area contributed by atoms with Crippen molar-refractivity contribution in [2.24, 2.45) is 5.92 Å². The number of carbonyl (C=O) groups is 1. The highest BCUT2D eigenvalue weighted by atomic mass is 16.4. The molecule has 0 saturated heterocycles. The van der Waals surface area contributed by atoms with Gasteiger partial charge in [-0.3, -0.25) is 0 Å². The van der Waals surface area contributed by atoms with Crippen LogP contribution in [0, 0.1) is 5.92 Å². The number of hydrogen-bond acceptors (Lipinski definition) is 3. The van der Waals surface area contributed by atoms with Gasteiger partial charge in [0.25, 0.3) is 0 Å². The van der Waals surface area contributed by atoms with Gasteiger partial charge in [-0.1, -0.05) is 6.92 Å². The van der Waals surface area contributed by atoms with E-state index in [1.807, 2.05) is 0 Å². The first-order chi connectivity index (χ1) is 6.16.